The van der Waals surface area contributed by atoms with E-state index in [0.29, 0.717) is 30.1 Å². The summed E-state index contributed by atoms with van der Waals surface area (Å²) < 4.78 is 0. The second kappa shape index (κ2) is 9.32. The molecule has 1 heterocycles. The van der Waals surface area contributed by atoms with Crippen LogP contribution in [0.4, 0.5) is 0 Å². The summed E-state index contributed by atoms with van der Waals surface area (Å²) in [6.45, 7) is 3.37. The van der Waals surface area contributed by atoms with Gasteiger partial charge in [0.05, 0.1) is 0 Å². The minimum atomic E-state index is -0.518. The Bertz CT molecular complexity index is 476. The van der Waals surface area contributed by atoms with E-state index in [1.54, 1.807) is 25.9 Å². The molecule has 0 spiro atoms. The molecule has 1 saturated carbocycles. The Kier molecular flexibility index (Phi) is 7.41. The van der Waals surface area contributed by atoms with Gasteiger partial charge >= 0.3 is 0 Å². The number of carbonyl (C=O) groups is 1. The topological polar surface area (TPSA) is 83.3 Å². The fourth-order valence-electron chi connectivity index (χ4n) is 4.03. The number of nitrogens with zero attached hydrogens (tertiary/aromatic N) is 2. The maximum atomic E-state index is 12.4. The van der Waals surface area contributed by atoms with Crippen LogP contribution in [0.5, 0.6) is 0 Å². The lowest BCUT2D eigenvalue weighted by Gasteiger charge is -2.38. The van der Waals surface area contributed by atoms with Crippen LogP contribution in [0.25, 0.3) is 0 Å². The molecule has 0 bridgehead atoms. The first kappa shape index (κ1) is 19.9. The lowest BCUT2D eigenvalue weighted by molar-refractivity contribution is -0.130. The van der Waals surface area contributed by atoms with Crippen molar-refractivity contribution in [2.24, 2.45) is 5.92 Å². The van der Waals surface area contributed by atoms with Crippen molar-refractivity contribution in [3.63, 3.8) is 0 Å². The molecular formula is C19H35N5O. The van der Waals surface area contributed by atoms with Gasteiger partial charge in [0.1, 0.15) is 11.8 Å². The average molecular weight is 350 g/mol. The normalized spacial score (nSPS) is 21.0. The number of hydrogen-bond acceptors (Lipinski definition) is 4. The van der Waals surface area contributed by atoms with Gasteiger partial charge < -0.3 is 20.5 Å². The molecule has 25 heavy (non-hydrogen) atoms. The van der Waals surface area contributed by atoms with Gasteiger partial charge in [0.2, 0.25) is 5.91 Å². The Morgan fingerprint density at radius 2 is 1.64 bits per heavy atom. The number of amidine groups is 1. The SMILES string of the molecule is CC(=N)CC(C(=N)N1CCC(NC2CCCCC2)CC1)C(=O)N(C)C. The maximum Gasteiger partial charge on any atom is 0.233 e. The summed E-state index contributed by atoms with van der Waals surface area (Å²) in [5.74, 6) is -0.198. The first-order chi connectivity index (χ1) is 11.9. The minimum Gasteiger partial charge on any atom is -0.360 e. The van der Waals surface area contributed by atoms with Crippen LogP contribution in [0.1, 0.15) is 58.3 Å². The number of piperidine rings is 1. The zero-order valence-electron chi connectivity index (χ0n) is 16.1. The highest BCUT2D eigenvalue weighted by Crippen LogP contribution is 2.21. The van der Waals surface area contributed by atoms with Crippen molar-refractivity contribution < 1.29 is 4.79 Å². The molecule has 142 valence electrons. The van der Waals surface area contributed by atoms with Crippen molar-refractivity contribution in [3.8, 4) is 0 Å². The predicted molar refractivity (Wildman–Crippen MR) is 103 cm³/mol. The Morgan fingerprint density at radius 1 is 1.08 bits per heavy atom. The second-order valence-corrected chi connectivity index (χ2v) is 7.92. The van der Waals surface area contributed by atoms with E-state index in [-0.39, 0.29) is 5.91 Å². The van der Waals surface area contributed by atoms with Crippen molar-refractivity contribution in [1.29, 1.82) is 10.8 Å². The van der Waals surface area contributed by atoms with Crippen LogP contribution in [-0.2, 0) is 4.79 Å². The lowest BCUT2D eigenvalue weighted by Crippen LogP contribution is -2.51. The van der Waals surface area contributed by atoms with E-state index in [1.165, 1.54) is 32.1 Å². The third-order valence-corrected chi connectivity index (χ3v) is 5.49. The number of amides is 1. The Morgan fingerprint density at radius 3 is 2.16 bits per heavy atom. The fraction of sp³-hybridized carbons (Fsp3) is 0.842. The highest BCUT2D eigenvalue weighted by molar-refractivity contribution is 6.04. The average Bonchev–Trinajstić information content (AvgIpc) is 2.60. The summed E-state index contributed by atoms with van der Waals surface area (Å²) in [6.07, 6.45) is 9.08. The van der Waals surface area contributed by atoms with Crippen LogP contribution in [0, 0.1) is 16.7 Å². The predicted octanol–water partition coefficient (Wildman–Crippen LogP) is 2.48. The van der Waals surface area contributed by atoms with Crippen LogP contribution in [0.3, 0.4) is 0 Å². The van der Waals surface area contributed by atoms with E-state index in [9.17, 15) is 4.79 Å². The van der Waals surface area contributed by atoms with E-state index in [1.807, 2.05) is 4.90 Å². The highest BCUT2D eigenvalue weighted by Gasteiger charge is 2.31. The molecule has 0 aromatic rings. The summed E-state index contributed by atoms with van der Waals surface area (Å²) in [4.78, 5) is 16.0. The number of rotatable bonds is 6. The lowest BCUT2D eigenvalue weighted by atomic mass is 9.93. The molecule has 1 atom stereocenters. The van der Waals surface area contributed by atoms with Crippen LogP contribution in [0.2, 0.25) is 0 Å². The minimum absolute atomic E-state index is 0.0703. The molecule has 0 aromatic heterocycles. The monoisotopic (exact) mass is 349 g/mol. The van der Waals surface area contributed by atoms with Crippen LogP contribution in [0.15, 0.2) is 0 Å². The fourth-order valence-corrected chi connectivity index (χ4v) is 4.03. The third kappa shape index (κ3) is 5.80. The summed E-state index contributed by atoms with van der Waals surface area (Å²) in [5, 5.41) is 20.1. The van der Waals surface area contributed by atoms with Crippen LogP contribution < -0.4 is 5.32 Å². The van der Waals surface area contributed by atoms with E-state index < -0.39 is 5.92 Å². The first-order valence-corrected chi connectivity index (χ1v) is 9.73. The molecule has 2 fully saturated rings. The molecule has 1 saturated heterocycles. The van der Waals surface area contributed by atoms with Gasteiger partial charge in [-0.15, -0.1) is 0 Å². The van der Waals surface area contributed by atoms with E-state index in [0.717, 1.165) is 25.9 Å². The van der Waals surface area contributed by atoms with Crippen molar-refractivity contribution in [2.75, 3.05) is 27.2 Å². The summed E-state index contributed by atoms with van der Waals surface area (Å²) in [7, 11) is 3.45. The van der Waals surface area contributed by atoms with Crippen molar-refractivity contribution in [1.82, 2.24) is 15.1 Å². The van der Waals surface area contributed by atoms with Crippen LogP contribution >= 0.6 is 0 Å². The molecule has 0 radical (unpaired) electrons. The standard InChI is InChI=1S/C19H35N5O/c1-14(20)13-17(19(25)23(2)3)18(21)24-11-9-16(10-12-24)22-15-7-5-4-6-8-15/h15-17,20-22H,4-13H2,1-3H3. The Labute approximate surface area is 152 Å². The Balaban J connectivity index is 1.87. The quantitative estimate of drug-likeness (QED) is 0.509. The molecule has 6 nitrogen and oxygen atoms in total. The molecule has 1 unspecified atom stereocenters. The van der Waals surface area contributed by atoms with Gasteiger partial charge in [-0.05, 0) is 32.6 Å². The van der Waals surface area contributed by atoms with Gasteiger partial charge in [-0.2, -0.15) is 0 Å². The summed E-state index contributed by atoms with van der Waals surface area (Å²) in [5.41, 5.74) is 0.457. The molecule has 2 rings (SSSR count). The number of nitrogens with one attached hydrogen (secondary N) is 3. The molecule has 1 amide bonds. The van der Waals surface area contributed by atoms with E-state index in [2.05, 4.69) is 5.32 Å². The van der Waals surface area contributed by atoms with Gasteiger partial charge in [-0.3, -0.25) is 10.2 Å². The number of carbonyl (C=O) groups excluding carboxylic acids is 1. The zero-order valence-corrected chi connectivity index (χ0v) is 16.1. The molecule has 1 aliphatic heterocycles. The zero-order chi connectivity index (χ0) is 18.4. The Hall–Kier alpha value is -1.43. The molecule has 6 heteroatoms. The maximum absolute atomic E-state index is 12.4. The van der Waals surface area contributed by atoms with Gasteiger partial charge in [0, 0.05) is 51.4 Å². The smallest absolute Gasteiger partial charge is 0.233 e. The van der Waals surface area contributed by atoms with Crippen molar-refractivity contribution in [3.05, 3.63) is 0 Å². The molecule has 3 N–H and O–H groups in total. The molecule has 0 aromatic carbocycles. The summed E-state index contributed by atoms with van der Waals surface area (Å²) in [6, 6.07) is 1.22. The van der Waals surface area contributed by atoms with Crippen molar-refractivity contribution >= 4 is 17.5 Å². The van der Waals surface area contributed by atoms with E-state index in [4.69, 9.17) is 10.8 Å². The molecular weight excluding hydrogens is 314 g/mol. The van der Waals surface area contributed by atoms with Crippen LogP contribution in [-0.4, -0.2) is 66.5 Å². The number of hydrogen-bond donors (Lipinski definition) is 3. The van der Waals surface area contributed by atoms with Gasteiger partial charge in [0.15, 0.2) is 0 Å². The molecule has 2 aliphatic rings. The molecule has 1 aliphatic carbocycles. The summed E-state index contributed by atoms with van der Waals surface area (Å²) >= 11 is 0. The first-order valence-electron chi connectivity index (χ1n) is 9.73. The highest BCUT2D eigenvalue weighted by atomic mass is 16.2. The number of likely N-dealkylation sites (tertiary alicyclic amines) is 1. The van der Waals surface area contributed by atoms with Gasteiger partial charge in [-0.1, -0.05) is 19.3 Å². The van der Waals surface area contributed by atoms with E-state index >= 15 is 0 Å². The van der Waals surface area contributed by atoms with Crippen molar-refractivity contribution in [2.45, 2.75) is 70.4 Å². The van der Waals surface area contributed by atoms with Gasteiger partial charge in [0.25, 0.3) is 0 Å². The second-order valence-electron chi connectivity index (χ2n) is 7.92. The third-order valence-electron chi connectivity index (χ3n) is 5.49. The largest absolute Gasteiger partial charge is 0.360 e. The van der Waals surface area contributed by atoms with Gasteiger partial charge in [-0.25, -0.2) is 0 Å².